The van der Waals surface area contributed by atoms with Crippen molar-refractivity contribution in [3.63, 3.8) is 0 Å². The first kappa shape index (κ1) is 19.4. The molecule has 0 fully saturated rings. The number of hydrogen-bond acceptors (Lipinski definition) is 6. The summed E-state index contributed by atoms with van der Waals surface area (Å²) in [4.78, 5) is 24.0. The Morgan fingerprint density at radius 3 is 2.23 bits per heavy atom. The number of nitrogens with one attached hydrogen (secondary N) is 2. The average molecular weight is 378 g/mol. The Morgan fingerprint density at radius 2 is 1.69 bits per heavy atom. The molecule has 0 spiro atoms. The van der Waals surface area contributed by atoms with Crippen molar-refractivity contribution < 1.29 is 28.0 Å². The van der Waals surface area contributed by atoms with Crippen LogP contribution < -0.4 is 15.5 Å². The van der Waals surface area contributed by atoms with Gasteiger partial charge in [0.25, 0.3) is 11.8 Å². The summed E-state index contributed by atoms with van der Waals surface area (Å²) in [5, 5.41) is 11.2. The van der Waals surface area contributed by atoms with Crippen LogP contribution in [0, 0.1) is 0 Å². The van der Waals surface area contributed by atoms with Crippen LogP contribution in [0.25, 0.3) is 0 Å². The number of sulfone groups is 1. The smallest absolute Gasteiger partial charge is 0.266 e. The molecular formula is C17H18N2O6S. The van der Waals surface area contributed by atoms with Gasteiger partial charge in [-0.15, -0.1) is 0 Å². The van der Waals surface area contributed by atoms with Crippen molar-refractivity contribution in [2.75, 3.05) is 12.9 Å². The van der Waals surface area contributed by atoms with E-state index in [1.165, 1.54) is 49.0 Å². The van der Waals surface area contributed by atoms with Crippen LogP contribution in [0.2, 0.25) is 0 Å². The van der Waals surface area contributed by atoms with Crippen molar-refractivity contribution in [2.45, 2.75) is 10.9 Å². The lowest BCUT2D eigenvalue weighted by Crippen LogP contribution is -2.49. The Hall–Kier alpha value is -2.91. The molecule has 2 amide bonds. The van der Waals surface area contributed by atoms with Gasteiger partial charge in [-0.2, -0.15) is 0 Å². The lowest BCUT2D eigenvalue weighted by molar-refractivity contribution is -0.130. The lowest BCUT2D eigenvalue weighted by Gasteiger charge is -2.17. The molecule has 26 heavy (non-hydrogen) atoms. The molecule has 2 rings (SSSR count). The second-order valence-corrected chi connectivity index (χ2v) is 7.36. The van der Waals surface area contributed by atoms with Crippen LogP contribution in [0.5, 0.6) is 5.75 Å². The van der Waals surface area contributed by atoms with E-state index in [1.54, 1.807) is 18.2 Å². The number of hydrogen-bond donors (Lipinski definition) is 3. The van der Waals surface area contributed by atoms with E-state index in [0.717, 1.165) is 0 Å². The Kier molecular flexibility index (Phi) is 6.31. The van der Waals surface area contributed by atoms with Crippen molar-refractivity contribution in [2.24, 2.45) is 0 Å². The van der Waals surface area contributed by atoms with E-state index < -0.39 is 33.4 Å². The minimum atomic E-state index is -3.91. The number of carbonyl (C=O) groups excluding carboxylic acids is 2. The highest BCUT2D eigenvalue weighted by atomic mass is 32.2. The second kappa shape index (κ2) is 8.45. The predicted octanol–water partition coefficient (Wildman–Crippen LogP) is 0.773. The monoisotopic (exact) mass is 378 g/mol. The molecule has 9 heteroatoms. The molecule has 0 aliphatic heterocycles. The van der Waals surface area contributed by atoms with E-state index in [0.29, 0.717) is 5.75 Å². The van der Waals surface area contributed by atoms with Gasteiger partial charge in [-0.05, 0) is 36.4 Å². The highest BCUT2D eigenvalue weighted by Crippen LogP contribution is 2.17. The molecule has 0 saturated carbocycles. The molecule has 0 aliphatic rings. The number of methoxy groups -OCH3 is 1. The topological polar surface area (TPSA) is 122 Å². The molecule has 138 valence electrons. The molecule has 1 unspecified atom stereocenters. The van der Waals surface area contributed by atoms with Crippen molar-refractivity contribution in [1.82, 2.24) is 10.8 Å². The lowest BCUT2D eigenvalue weighted by atomic mass is 10.2. The van der Waals surface area contributed by atoms with Crippen molar-refractivity contribution in [1.29, 1.82) is 0 Å². The summed E-state index contributed by atoms with van der Waals surface area (Å²) >= 11 is 0. The Labute approximate surface area is 150 Å². The molecule has 3 N–H and O–H groups in total. The third-order valence-electron chi connectivity index (χ3n) is 3.57. The summed E-state index contributed by atoms with van der Waals surface area (Å²) < 4.78 is 30.0. The molecular weight excluding hydrogens is 360 g/mol. The number of rotatable bonds is 7. The first-order valence-corrected chi connectivity index (χ1v) is 9.19. The molecule has 2 aromatic rings. The van der Waals surface area contributed by atoms with E-state index in [9.17, 15) is 18.0 Å². The molecule has 1 atom stereocenters. The Morgan fingerprint density at radius 1 is 1.08 bits per heavy atom. The third-order valence-corrected chi connectivity index (χ3v) is 5.34. The molecule has 0 heterocycles. The maximum absolute atomic E-state index is 12.5. The fourth-order valence-electron chi connectivity index (χ4n) is 2.19. The van der Waals surface area contributed by atoms with Gasteiger partial charge in [-0.3, -0.25) is 14.8 Å². The number of carbonyl (C=O) groups is 2. The van der Waals surface area contributed by atoms with Gasteiger partial charge in [0, 0.05) is 5.56 Å². The van der Waals surface area contributed by atoms with Gasteiger partial charge in [-0.25, -0.2) is 13.9 Å². The minimum Gasteiger partial charge on any atom is -0.497 e. The standard InChI is InChI=1S/C17H18N2O6S/c1-25-13-7-9-14(10-8-13)26(23,24)11-15(17(21)19-22)18-16(20)12-5-3-2-4-6-12/h2-10,15,22H,11H2,1H3,(H,18,20)(H,19,21). The summed E-state index contributed by atoms with van der Waals surface area (Å²) in [6.07, 6.45) is 0. The predicted molar refractivity (Wildman–Crippen MR) is 92.7 cm³/mol. The molecule has 0 aliphatic carbocycles. The van der Waals surface area contributed by atoms with E-state index in [2.05, 4.69) is 5.32 Å². The summed E-state index contributed by atoms with van der Waals surface area (Å²) in [5.74, 6) is -1.91. The van der Waals surface area contributed by atoms with Crippen LogP contribution in [-0.2, 0) is 14.6 Å². The zero-order valence-electron chi connectivity index (χ0n) is 13.9. The van der Waals surface area contributed by atoms with Crippen LogP contribution in [0.1, 0.15) is 10.4 Å². The van der Waals surface area contributed by atoms with Crippen molar-refractivity contribution in [3.8, 4) is 5.75 Å². The molecule has 0 radical (unpaired) electrons. The van der Waals surface area contributed by atoms with Crippen LogP contribution >= 0.6 is 0 Å². The first-order valence-electron chi connectivity index (χ1n) is 7.54. The average Bonchev–Trinajstić information content (AvgIpc) is 2.67. The van der Waals surface area contributed by atoms with E-state index >= 15 is 0 Å². The minimum absolute atomic E-state index is 0.0389. The maximum atomic E-state index is 12.5. The summed E-state index contributed by atoms with van der Waals surface area (Å²) in [6, 6.07) is 12.1. The number of benzene rings is 2. The third kappa shape index (κ3) is 4.80. The van der Waals surface area contributed by atoms with Gasteiger partial charge in [0.05, 0.1) is 17.8 Å². The van der Waals surface area contributed by atoms with E-state index in [4.69, 9.17) is 9.94 Å². The van der Waals surface area contributed by atoms with Crippen LogP contribution in [0.15, 0.2) is 59.5 Å². The Bertz CT molecular complexity index is 866. The highest BCUT2D eigenvalue weighted by molar-refractivity contribution is 7.91. The number of ether oxygens (including phenoxy) is 1. The maximum Gasteiger partial charge on any atom is 0.266 e. The second-order valence-electron chi connectivity index (χ2n) is 5.33. The van der Waals surface area contributed by atoms with Gasteiger partial charge in [0.15, 0.2) is 9.84 Å². The highest BCUT2D eigenvalue weighted by Gasteiger charge is 2.28. The van der Waals surface area contributed by atoms with Crippen molar-refractivity contribution >= 4 is 21.7 Å². The zero-order valence-corrected chi connectivity index (χ0v) is 14.7. The molecule has 0 aromatic heterocycles. The van der Waals surface area contributed by atoms with E-state index in [1.807, 2.05) is 0 Å². The zero-order chi connectivity index (χ0) is 19.2. The molecule has 8 nitrogen and oxygen atoms in total. The quantitative estimate of drug-likeness (QED) is 0.483. The first-order chi connectivity index (χ1) is 12.4. The fraction of sp³-hybridized carbons (Fsp3) is 0.176. The summed E-state index contributed by atoms with van der Waals surface area (Å²) in [6.45, 7) is 0. The molecule has 0 saturated heterocycles. The SMILES string of the molecule is COc1ccc(S(=O)(=O)CC(NC(=O)c2ccccc2)C(=O)NO)cc1. The fourth-order valence-corrected chi connectivity index (χ4v) is 3.61. The Balaban J connectivity index is 2.21. The van der Waals surface area contributed by atoms with Gasteiger partial charge in [0.1, 0.15) is 11.8 Å². The normalized spacial score (nSPS) is 12.1. The summed E-state index contributed by atoms with van der Waals surface area (Å²) in [7, 11) is -2.46. The summed E-state index contributed by atoms with van der Waals surface area (Å²) in [5.41, 5.74) is 1.63. The van der Waals surface area contributed by atoms with Gasteiger partial charge >= 0.3 is 0 Å². The van der Waals surface area contributed by atoms with Crippen LogP contribution in [0.4, 0.5) is 0 Å². The molecule has 2 aromatic carbocycles. The van der Waals surface area contributed by atoms with E-state index in [-0.39, 0.29) is 10.5 Å². The number of amides is 2. The van der Waals surface area contributed by atoms with Gasteiger partial charge < -0.3 is 10.1 Å². The molecule has 0 bridgehead atoms. The van der Waals surface area contributed by atoms with Crippen molar-refractivity contribution in [3.05, 3.63) is 60.2 Å². The van der Waals surface area contributed by atoms with Gasteiger partial charge in [-0.1, -0.05) is 18.2 Å². The largest absolute Gasteiger partial charge is 0.497 e. The van der Waals surface area contributed by atoms with Crippen LogP contribution in [0.3, 0.4) is 0 Å². The van der Waals surface area contributed by atoms with Crippen LogP contribution in [-0.4, -0.2) is 44.3 Å². The van der Waals surface area contributed by atoms with Gasteiger partial charge in [0.2, 0.25) is 0 Å². The number of hydroxylamine groups is 1.